The minimum atomic E-state index is -0.550. The van der Waals surface area contributed by atoms with Gasteiger partial charge in [0.25, 0.3) is 11.5 Å². The van der Waals surface area contributed by atoms with Gasteiger partial charge in [0.2, 0.25) is 11.7 Å². The highest BCUT2D eigenvalue weighted by molar-refractivity contribution is 5.98. The Kier molecular flexibility index (Phi) is 7.13. The van der Waals surface area contributed by atoms with Crippen LogP contribution in [0.3, 0.4) is 0 Å². The van der Waals surface area contributed by atoms with E-state index in [-0.39, 0.29) is 41.7 Å². The van der Waals surface area contributed by atoms with Crippen LogP contribution in [-0.2, 0) is 24.4 Å². The maximum Gasteiger partial charge on any atom is 0.352 e. The van der Waals surface area contributed by atoms with E-state index in [1.54, 1.807) is 18.2 Å². The molecular weight excluding hydrogens is 484 g/mol. The van der Waals surface area contributed by atoms with Crippen LogP contribution < -0.4 is 21.9 Å². The van der Waals surface area contributed by atoms with Gasteiger partial charge in [-0.3, -0.25) is 19.0 Å². The first-order valence-corrected chi connectivity index (χ1v) is 13.1. The summed E-state index contributed by atoms with van der Waals surface area (Å²) in [5, 5.41) is 10.6. The van der Waals surface area contributed by atoms with Gasteiger partial charge in [-0.15, -0.1) is 5.10 Å². The maximum absolute atomic E-state index is 13.5. The van der Waals surface area contributed by atoms with E-state index >= 15 is 0 Å². The number of amides is 2. The summed E-state index contributed by atoms with van der Waals surface area (Å²) in [5.74, 6) is -0.359. The molecule has 5 rings (SSSR count). The molecule has 2 aromatic carbocycles. The molecule has 2 heterocycles. The predicted molar refractivity (Wildman–Crippen MR) is 144 cm³/mol. The lowest BCUT2D eigenvalue weighted by Gasteiger charge is -2.14. The average Bonchev–Trinajstić information content (AvgIpc) is 3.53. The van der Waals surface area contributed by atoms with E-state index in [1.807, 2.05) is 44.2 Å². The third-order valence-corrected chi connectivity index (χ3v) is 6.90. The van der Waals surface area contributed by atoms with Gasteiger partial charge < -0.3 is 10.6 Å². The van der Waals surface area contributed by atoms with Crippen LogP contribution in [0.1, 0.15) is 55.5 Å². The summed E-state index contributed by atoms with van der Waals surface area (Å²) in [5.41, 5.74) is 0.751. The van der Waals surface area contributed by atoms with Crippen LogP contribution in [0.4, 0.5) is 0 Å². The number of aromatic nitrogens is 4. The maximum atomic E-state index is 13.5. The van der Waals surface area contributed by atoms with Gasteiger partial charge in [0.1, 0.15) is 6.54 Å². The van der Waals surface area contributed by atoms with Crippen LogP contribution in [0.15, 0.2) is 58.1 Å². The highest BCUT2D eigenvalue weighted by atomic mass is 16.2. The molecule has 198 valence electrons. The van der Waals surface area contributed by atoms with Crippen molar-refractivity contribution in [3.8, 4) is 0 Å². The van der Waals surface area contributed by atoms with Crippen molar-refractivity contribution in [2.45, 2.75) is 65.2 Å². The van der Waals surface area contributed by atoms with E-state index in [0.29, 0.717) is 29.6 Å². The van der Waals surface area contributed by atoms with Crippen molar-refractivity contribution in [1.29, 1.82) is 0 Å². The Hall–Kier alpha value is -4.21. The highest BCUT2D eigenvalue weighted by Gasteiger charge is 2.22. The second-order valence-corrected chi connectivity index (χ2v) is 10.3. The van der Waals surface area contributed by atoms with Gasteiger partial charge in [-0.1, -0.05) is 57.0 Å². The summed E-state index contributed by atoms with van der Waals surface area (Å²) in [6.07, 6.45) is 4.07. The van der Waals surface area contributed by atoms with Gasteiger partial charge in [-0.25, -0.2) is 13.9 Å². The first kappa shape index (κ1) is 25.4. The van der Waals surface area contributed by atoms with Gasteiger partial charge >= 0.3 is 5.69 Å². The third kappa shape index (κ3) is 5.11. The molecule has 0 atom stereocenters. The number of nitrogens with zero attached hydrogens (tertiary/aromatic N) is 4. The lowest BCUT2D eigenvalue weighted by molar-refractivity contribution is -0.122. The Bertz CT molecular complexity index is 1610. The van der Waals surface area contributed by atoms with Gasteiger partial charge in [0, 0.05) is 24.7 Å². The molecule has 4 aromatic rings. The first-order valence-electron chi connectivity index (χ1n) is 13.1. The van der Waals surface area contributed by atoms with E-state index in [0.717, 1.165) is 35.9 Å². The number of rotatable bonds is 8. The fourth-order valence-electron chi connectivity index (χ4n) is 5.02. The van der Waals surface area contributed by atoms with Gasteiger partial charge in [0.15, 0.2) is 0 Å². The third-order valence-electron chi connectivity index (χ3n) is 6.90. The Morgan fingerprint density at radius 1 is 1.05 bits per heavy atom. The monoisotopic (exact) mass is 516 g/mol. The van der Waals surface area contributed by atoms with Crippen LogP contribution in [-0.4, -0.2) is 36.6 Å². The Labute approximate surface area is 219 Å². The molecular formula is C28H32N6O4. The topological polar surface area (TPSA) is 120 Å². The zero-order chi connectivity index (χ0) is 26.8. The quantitative estimate of drug-likeness (QED) is 0.373. The molecule has 10 nitrogen and oxygen atoms in total. The molecule has 2 N–H and O–H groups in total. The summed E-state index contributed by atoms with van der Waals surface area (Å²) in [4.78, 5) is 52.6. The smallest absolute Gasteiger partial charge is 0.350 e. The van der Waals surface area contributed by atoms with E-state index in [1.165, 1.54) is 8.97 Å². The van der Waals surface area contributed by atoms with Crippen molar-refractivity contribution >= 4 is 28.5 Å². The first-order chi connectivity index (χ1) is 18.3. The molecule has 0 bridgehead atoms. The normalized spacial score (nSPS) is 14.0. The molecule has 1 saturated carbocycles. The summed E-state index contributed by atoms with van der Waals surface area (Å²) in [6.45, 7) is 4.30. The van der Waals surface area contributed by atoms with Crippen LogP contribution in [0.25, 0.3) is 16.7 Å². The lowest BCUT2D eigenvalue weighted by Crippen LogP contribution is -2.33. The van der Waals surface area contributed by atoms with Crippen molar-refractivity contribution in [3.05, 3.63) is 80.5 Å². The number of fused-ring (bicyclic) bond motifs is 3. The van der Waals surface area contributed by atoms with Gasteiger partial charge in [-0.2, -0.15) is 0 Å². The number of hydrogen-bond acceptors (Lipinski definition) is 5. The van der Waals surface area contributed by atoms with Crippen LogP contribution in [0, 0.1) is 5.92 Å². The van der Waals surface area contributed by atoms with Crippen LogP contribution >= 0.6 is 0 Å². The lowest BCUT2D eigenvalue weighted by atomic mass is 10.1. The fraction of sp³-hybridized carbons (Fsp3) is 0.393. The second kappa shape index (κ2) is 10.6. The zero-order valence-electron chi connectivity index (χ0n) is 21.6. The van der Waals surface area contributed by atoms with Gasteiger partial charge in [0.05, 0.1) is 10.9 Å². The van der Waals surface area contributed by atoms with E-state index in [2.05, 4.69) is 15.7 Å². The van der Waals surface area contributed by atoms with Crippen molar-refractivity contribution in [1.82, 2.24) is 29.4 Å². The highest BCUT2D eigenvalue weighted by Crippen LogP contribution is 2.19. The Morgan fingerprint density at radius 2 is 1.79 bits per heavy atom. The molecule has 10 heteroatoms. The molecule has 0 radical (unpaired) electrons. The van der Waals surface area contributed by atoms with E-state index in [9.17, 15) is 19.2 Å². The molecule has 0 aliphatic heterocycles. The molecule has 2 amide bonds. The van der Waals surface area contributed by atoms with Crippen molar-refractivity contribution < 1.29 is 9.59 Å². The summed E-state index contributed by atoms with van der Waals surface area (Å²) < 4.78 is 3.86. The van der Waals surface area contributed by atoms with Crippen molar-refractivity contribution in [2.75, 3.05) is 0 Å². The molecule has 2 aromatic heterocycles. The second-order valence-electron chi connectivity index (χ2n) is 10.3. The van der Waals surface area contributed by atoms with Crippen molar-refractivity contribution in [2.24, 2.45) is 5.92 Å². The average molecular weight is 517 g/mol. The molecule has 0 unspecified atom stereocenters. The molecule has 1 fully saturated rings. The standard InChI is InChI=1S/C28H32N6O4/c1-18(2)16-32-26(37)22-13-12-20(25(36)30-21-10-6-7-11-21)14-23(22)34-27(32)31-33(28(34)38)17-24(35)29-15-19-8-4-3-5-9-19/h3-5,8-9,12-14,18,21H,6-7,10-11,15-17H2,1-2H3,(H,29,35)(H,30,36). The fourth-order valence-corrected chi connectivity index (χ4v) is 5.02. The van der Waals surface area contributed by atoms with E-state index < -0.39 is 5.69 Å². The molecule has 38 heavy (non-hydrogen) atoms. The number of hydrogen-bond donors (Lipinski definition) is 2. The minimum Gasteiger partial charge on any atom is -0.350 e. The van der Waals surface area contributed by atoms with Crippen molar-refractivity contribution in [3.63, 3.8) is 0 Å². The summed E-state index contributed by atoms with van der Waals surface area (Å²) in [6, 6.07) is 14.4. The molecule has 1 aliphatic rings. The molecule has 0 spiro atoms. The Balaban J connectivity index is 1.54. The van der Waals surface area contributed by atoms with Gasteiger partial charge in [-0.05, 0) is 42.5 Å². The Morgan fingerprint density at radius 3 is 2.50 bits per heavy atom. The summed E-state index contributed by atoms with van der Waals surface area (Å²) >= 11 is 0. The predicted octanol–water partition coefficient (Wildman–Crippen LogP) is 2.46. The molecule has 1 aliphatic carbocycles. The van der Waals surface area contributed by atoms with Crippen LogP contribution in [0.5, 0.6) is 0 Å². The van der Waals surface area contributed by atoms with E-state index in [4.69, 9.17) is 0 Å². The number of carbonyl (C=O) groups excluding carboxylic acids is 2. The minimum absolute atomic E-state index is 0.111. The summed E-state index contributed by atoms with van der Waals surface area (Å²) in [7, 11) is 0. The van der Waals surface area contributed by atoms with Crippen LogP contribution in [0.2, 0.25) is 0 Å². The number of carbonyl (C=O) groups is 2. The number of benzene rings is 2. The largest absolute Gasteiger partial charge is 0.352 e. The zero-order valence-corrected chi connectivity index (χ0v) is 21.6. The number of nitrogens with one attached hydrogen (secondary N) is 2. The SMILES string of the molecule is CC(C)Cn1c(=O)c2ccc(C(=O)NC3CCCC3)cc2n2c(=O)n(CC(=O)NCc3ccccc3)nc12. The molecule has 0 saturated heterocycles.